The third-order valence-corrected chi connectivity index (χ3v) is 2.86. The van der Waals surface area contributed by atoms with Crippen molar-refractivity contribution in [3.05, 3.63) is 47.9 Å². The van der Waals surface area contributed by atoms with E-state index in [0.717, 1.165) is 5.56 Å². The highest BCUT2D eigenvalue weighted by Crippen LogP contribution is 2.21. The summed E-state index contributed by atoms with van der Waals surface area (Å²) in [6, 6.07) is 4.46. The molecule has 0 bridgehead atoms. The van der Waals surface area contributed by atoms with Crippen LogP contribution in [0.2, 0.25) is 0 Å². The maximum absolute atomic E-state index is 13.3. The van der Waals surface area contributed by atoms with Crippen LogP contribution in [-0.4, -0.2) is 19.9 Å². The lowest BCUT2D eigenvalue weighted by atomic mass is 10.1. The van der Waals surface area contributed by atoms with Gasteiger partial charge in [-0.3, -0.25) is 4.68 Å². The van der Waals surface area contributed by atoms with Gasteiger partial charge in [-0.1, -0.05) is 11.2 Å². The fourth-order valence-corrected chi connectivity index (χ4v) is 1.87. The third kappa shape index (κ3) is 2.37. The van der Waals surface area contributed by atoms with E-state index in [1.165, 1.54) is 18.3 Å². The van der Waals surface area contributed by atoms with Crippen molar-refractivity contribution in [2.75, 3.05) is 5.73 Å². The van der Waals surface area contributed by atoms with Gasteiger partial charge in [-0.25, -0.2) is 4.39 Å². The van der Waals surface area contributed by atoms with Crippen molar-refractivity contribution in [1.29, 1.82) is 0 Å². The predicted octanol–water partition coefficient (Wildman–Crippen LogP) is 2.01. The average molecular weight is 273 g/mol. The Hall–Kier alpha value is -2.70. The Labute approximate surface area is 114 Å². The highest BCUT2D eigenvalue weighted by atomic mass is 19.1. The van der Waals surface area contributed by atoms with Crippen LogP contribution in [0.5, 0.6) is 0 Å². The van der Waals surface area contributed by atoms with Crippen molar-refractivity contribution in [3.63, 3.8) is 0 Å². The maximum Gasteiger partial charge on any atom is 0.248 e. The van der Waals surface area contributed by atoms with Gasteiger partial charge < -0.3 is 10.3 Å². The molecule has 0 saturated carbocycles. The minimum absolute atomic E-state index is 0.318. The van der Waals surface area contributed by atoms with E-state index in [2.05, 4.69) is 15.2 Å². The van der Waals surface area contributed by atoms with Crippen molar-refractivity contribution in [2.45, 2.75) is 13.5 Å². The Balaban J connectivity index is 1.88. The fourth-order valence-electron chi connectivity index (χ4n) is 1.87. The summed E-state index contributed by atoms with van der Waals surface area (Å²) in [5.41, 5.74) is 7.62. The fraction of sp³-hybridized carbons (Fsp3) is 0.154. The molecular weight excluding hydrogens is 261 g/mol. The number of aryl methyl sites for hydroxylation is 1. The van der Waals surface area contributed by atoms with Crippen molar-refractivity contribution < 1.29 is 8.91 Å². The molecular formula is C13H12FN5O. The van der Waals surface area contributed by atoms with E-state index < -0.39 is 0 Å². The van der Waals surface area contributed by atoms with Crippen LogP contribution in [0.1, 0.15) is 11.5 Å². The second kappa shape index (κ2) is 4.76. The summed E-state index contributed by atoms with van der Waals surface area (Å²) in [7, 11) is 0. The summed E-state index contributed by atoms with van der Waals surface area (Å²) >= 11 is 0. The van der Waals surface area contributed by atoms with Crippen molar-refractivity contribution in [2.24, 2.45) is 0 Å². The van der Waals surface area contributed by atoms with E-state index >= 15 is 0 Å². The van der Waals surface area contributed by atoms with E-state index in [1.54, 1.807) is 16.9 Å². The first-order chi connectivity index (χ1) is 9.61. The SMILES string of the molecule is Cc1ccc(F)cc1-c1noc(Cn2cc(N)cn2)n1. The van der Waals surface area contributed by atoms with Crippen LogP contribution >= 0.6 is 0 Å². The van der Waals surface area contributed by atoms with E-state index in [9.17, 15) is 4.39 Å². The molecule has 0 aliphatic rings. The summed E-state index contributed by atoms with van der Waals surface area (Å²) in [5, 5.41) is 7.89. The quantitative estimate of drug-likeness (QED) is 0.789. The van der Waals surface area contributed by atoms with E-state index in [-0.39, 0.29) is 5.82 Å². The second-order valence-electron chi connectivity index (χ2n) is 4.44. The van der Waals surface area contributed by atoms with Gasteiger partial charge in [0.2, 0.25) is 11.7 Å². The van der Waals surface area contributed by atoms with Crippen LogP contribution in [-0.2, 0) is 6.54 Å². The Kier molecular flexibility index (Phi) is 2.94. The number of anilines is 1. The highest BCUT2D eigenvalue weighted by molar-refractivity contribution is 5.59. The van der Waals surface area contributed by atoms with Gasteiger partial charge in [0, 0.05) is 11.8 Å². The van der Waals surface area contributed by atoms with Crippen molar-refractivity contribution >= 4 is 5.69 Å². The molecule has 1 aromatic carbocycles. The lowest BCUT2D eigenvalue weighted by Gasteiger charge is -1.99. The van der Waals surface area contributed by atoms with Gasteiger partial charge in [-0.15, -0.1) is 0 Å². The molecule has 0 unspecified atom stereocenters. The number of benzene rings is 1. The van der Waals surface area contributed by atoms with Gasteiger partial charge in [0.25, 0.3) is 0 Å². The number of nitrogens with zero attached hydrogens (tertiary/aromatic N) is 4. The topological polar surface area (TPSA) is 82.8 Å². The number of nitrogen functional groups attached to an aromatic ring is 1. The Morgan fingerprint density at radius 1 is 1.40 bits per heavy atom. The van der Waals surface area contributed by atoms with Crippen LogP contribution in [0.15, 0.2) is 35.1 Å². The molecule has 0 atom stereocenters. The molecule has 3 rings (SSSR count). The molecule has 2 aromatic heterocycles. The molecule has 0 fully saturated rings. The summed E-state index contributed by atoms with van der Waals surface area (Å²) in [6.07, 6.45) is 3.20. The maximum atomic E-state index is 13.3. The molecule has 0 spiro atoms. The molecule has 0 amide bonds. The normalized spacial score (nSPS) is 10.9. The number of nitrogens with two attached hydrogens (primary N) is 1. The standard InChI is InChI=1S/C13H12FN5O/c1-8-2-3-9(14)4-11(8)13-17-12(20-18-13)7-19-6-10(15)5-16-19/h2-6H,7,15H2,1H3. The van der Waals surface area contributed by atoms with Gasteiger partial charge >= 0.3 is 0 Å². The first-order valence-electron chi connectivity index (χ1n) is 5.99. The van der Waals surface area contributed by atoms with Crippen molar-refractivity contribution in [3.8, 4) is 11.4 Å². The average Bonchev–Trinajstić information content (AvgIpc) is 3.02. The molecule has 0 aliphatic carbocycles. The molecule has 0 aliphatic heterocycles. The molecule has 2 N–H and O–H groups in total. The molecule has 7 heteroatoms. The zero-order valence-electron chi connectivity index (χ0n) is 10.7. The van der Waals surface area contributed by atoms with E-state index in [4.69, 9.17) is 10.3 Å². The van der Waals surface area contributed by atoms with Gasteiger partial charge in [-0.05, 0) is 24.6 Å². The molecule has 3 aromatic rings. The second-order valence-corrected chi connectivity index (χ2v) is 4.44. The monoisotopic (exact) mass is 273 g/mol. The first kappa shape index (κ1) is 12.3. The number of hydrogen-bond acceptors (Lipinski definition) is 5. The summed E-state index contributed by atoms with van der Waals surface area (Å²) < 4.78 is 20.0. The Bertz CT molecular complexity index is 749. The largest absolute Gasteiger partial charge is 0.396 e. The predicted molar refractivity (Wildman–Crippen MR) is 70.2 cm³/mol. The van der Waals surface area contributed by atoms with Gasteiger partial charge in [-0.2, -0.15) is 10.1 Å². The number of aromatic nitrogens is 4. The minimum atomic E-state index is -0.336. The zero-order chi connectivity index (χ0) is 14.1. The number of halogens is 1. The van der Waals surface area contributed by atoms with Crippen LogP contribution in [0.4, 0.5) is 10.1 Å². The number of rotatable bonds is 3. The smallest absolute Gasteiger partial charge is 0.248 e. The lowest BCUT2D eigenvalue weighted by Crippen LogP contribution is -2.00. The van der Waals surface area contributed by atoms with Crippen LogP contribution in [0.25, 0.3) is 11.4 Å². The molecule has 102 valence electrons. The van der Waals surface area contributed by atoms with E-state index in [1.807, 2.05) is 6.92 Å². The minimum Gasteiger partial charge on any atom is -0.396 e. The summed E-state index contributed by atoms with van der Waals surface area (Å²) in [4.78, 5) is 4.24. The van der Waals surface area contributed by atoms with Gasteiger partial charge in [0.1, 0.15) is 12.4 Å². The highest BCUT2D eigenvalue weighted by Gasteiger charge is 2.12. The first-order valence-corrected chi connectivity index (χ1v) is 5.99. The molecule has 6 nitrogen and oxygen atoms in total. The van der Waals surface area contributed by atoms with Gasteiger partial charge in [0.15, 0.2) is 0 Å². The zero-order valence-corrected chi connectivity index (χ0v) is 10.7. The van der Waals surface area contributed by atoms with Gasteiger partial charge in [0.05, 0.1) is 11.9 Å². The third-order valence-electron chi connectivity index (χ3n) is 2.86. The van der Waals surface area contributed by atoms with Crippen molar-refractivity contribution in [1.82, 2.24) is 19.9 Å². The van der Waals surface area contributed by atoms with E-state index in [0.29, 0.717) is 29.5 Å². The Morgan fingerprint density at radius 2 is 2.25 bits per heavy atom. The lowest BCUT2D eigenvalue weighted by molar-refractivity contribution is 0.366. The molecule has 0 saturated heterocycles. The van der Waals surface area contributed by atoms with Crippen LogP contribution in [0.3, 0.4) is 0 Å². The van der Waals surface area contributed by atoms with Crippen LogP contribution in [0, 0.1) is 12.7 Å². The molecule has 20 heavy (non-hydrogen) atoms. The molecule has 0 radical (unpaired) electrons. The summed E-state index contributed by atoms with van der Waals surface area (Å²) in [5.74, 6) is 0.403. The summed E-state index contributed by atoms with van der Waals surface area (Å²) in [6.45, 7) is 2.18. The number of hydrogen-bond donors (Lipinski definition) is 1. The Morgan fingerprint density at radius 3 is 3.00 bits per heavy atom. The van der Waals surface area contributed by atoms with Crippen LogP contribution < -0.4 is 5.73 Å². The molecule has 2 heterocycles.